The zero-order chi connectivity index (χ0) is 16.2. The highest BCUT2D eigenvalue weighted by Crippen LogP contribution is 2.25. The van der Waals surface area contributed by atoms with E-state index in [1.165, 1.54) is 6.07 Å². The van der Waals surface area contributed by atoms with Crippen molar-refractivity contribution in [3.63, 3.8) is 0 Å². The lowest BCUT2D eigenvalue weighted by Gasteiger charge is -2.14. The van der Waals surface area contributed by atoms with Crippen molar-refractivity contribution in [1.82, 2.24) is 5.43 Å². The first-order valence-corrected chi connectivity index (χ1v) is 7.18. The van der Waals surface area contributed by atoms with Gasteiger partial charge in [-0.15, -0.1) is 0 Å². The molecule has 0 bridgehead atoms. The van der Waals surface area contributed by atoms with Crippen molar-refractivity contribution in [2.45, 2.75) is 12.8 Å². The average molecular weight is 309 g/mol. The molecule has 0 atom stereocenters. The lowest BCUT2D eigenvalue weighted by molar-refractivity contribution is -0.121. The van der Waals surface area contributed by atoms with Crippen LogP contribution >= 0.6 is 0 Å². The molecule has 6 nitrogen and oxygen atoms in total. The van der Waals surface area contributed by atoms with Gasteiger partial charge in [-0.2, -0.15) is 5.10 Å². The molecule has 1 aliphatic rings. The number of rotatable bonds is 3. The van der Waals surface area contributed by atoms with E-state index in [4.69, 9.17) is 0 Å². The molecule has 23 heavy (non-hydrogen) atoms. The topological polar surface area (TPSA) is 90.8 Å². The molecule has 116 valence electrons. The molecule has 1 heterocycles. The van der Waals surface area contributed by atoms with Crippen LogP contribution in [0.1, 0.15) is 28.8 Å². The van der Waals surface area contributed by atoms with Crippen LogP contribution in [0.25, 0.3) is 0 Å². The largest absolute Gasteiger partial charge is 0.507 e. The monoisotopic (exact) mass is 309 g/mol. The lowest BCUT2D eigenvalue weighted by atomic mass is 10.0. The summed E-state index contributed by atoms with van der Waals surface area (Å²) in [5, 5.41) is 16.8. The Balaban J connectivity index is 1.77. The van der Waals surface area contributed by atoms with Gasteiger partial charge in [0, 0.05) is 35.7 Å². The third kappa shape index (κ3) is 3.37. The number of nitrogens with one attached hydrogen (secondary N) is 2. The van der Waals surface area contributed by atoms with Crippen molar-refractivity contribution < 1.29 is 14.7 Å². The van der Waals surface area contributed by atoms with Crippen molar-refractivity contribution in [1.29, 1.82) is 0 Å². The maximum atomic E-state index is 12.1. The molecule has 0 aromatic heterocycles. The van der Waals surface area contributed by atoms with Crippen LogP contribution in [0.15, 0.2) is 53.6 Å². The van der Waals surface area contributed by atoms with E-state index < -0.39 is 0 Å². The average Bonchev–Trinajstić information content (AvgIpc) is 2.57. The van der Waals surface area contributed by atoms with E-state index in [-0.39, 0.29) is 17.6 Å². The highest BCUT2D eigenvalue weighted by Gasteiger charge is 2.16. The minimum Gasteiger partial charge on any atom is -0.507 e. The summed E-state index contributed by atoms with van der Waals surface area (Å²) >= 11 is 0. The molecule has 0 fully saturated rings. The van der Waals surface area contributed by atoms with Crippen LogP contribution in [0.5, 0.6) is 5.75 Å². The van der Waals surface area contributed by atoms with Gasteiger partial charge in [0.25, 0.3) is 5.91 Å². The summed E-state index contributed by atoms with van der Waals surface area (Å²) in [6.45, 7) is 0. The number of phenolic OH excluding ortho intramolecular Hbond substituents is 1. The van der Waals surface area contributed by atoms with Crippen LogP contribution in [-0.4, -0.2) is 22.6 Å². The second-order valence-corrected chi connectivity index (χ2v) is 5.15. The van der Waals surface area contributed by atoms with Gasteiger partial charge in [0.15, 0.2) is 0 Å². The van der Waals surface area contributed by atoms with Crippen LogP contribution < -0.4 is 10.7 Å². The maximum Gasteiger partial charge on any atom is 0.255 e. The molecule has 1 aliphatic heterocycles. The minimum absolute atomic E-state index is 0.00533. The molecule has 2 aromatic carbocycles. The Morgan fingerprint density at radius 2 is 1.91 bits per heavy atom. The smallest absolute Gasteiger partial charge is 0.255 e. The fourth-order valence-corrected chi connectivity index (χ4v) is 2.31. The van der Waals surface area contributed by atoms with E-state index in [2.05, 4.69) is 15.8 Å². The zero-order valence-electron chi connectivity index (χ0n) is 12.2. The summed E-state index contributed by atoms with van der Waals surface area (Å²) in [6.07, 6.45) is 0.805. The summed E-state index contributed by atoms with van der Waals surface area (Å²) in [5.41, 5.74) is 4.58. The molecule has 3 N–H and O–H groups in total. The molecule has 0 aliphatic carbocycles. The van der Waals surface area contributed by atoms with Crippen molar-refractivity contribution in [2.75, 3.05) is 5.32 Å². The van der Waals surface area contributed by atoms with Gasteiger partial charge in [-0.25, -0.2) is 5.43 Å². The van der Waals surface area contributed by atoms with Gasteiger partial charge >= 0.3 is 0 Å². The molecule has 6 heteroatoms. The number of aromatic hydroxyl groups is 1. The standard InChI is InChI=1S/C17H15N3O3/c21-15-10-12(18-17(23)11-4-2-1-3-5-11)6-7-13(15)14-8-9-16(22)20-19-14/h1-7,10,21H,8-9H2,(H,18,23)(H,20,22). The molecule has 2 aromatic rings. The highest BCUT2D eigenvalue weighted by molar-refractivity contribution is 6.07. The predicted octanol–water partition coefficient (Wildman–Crippen LogP) is 2.26. The maximum absolute atomic E-state index is 12.1. The van der Waals surface area contributed by atoms with Crippen molar-refractivity contribution in [2.24, 2.45) is 5.10 Å². The fourth-order valence-electron chi connectivity index (χ4n) is 2.31. The minimum atomic E-state index is -0.250. The molecule has 2 amide bonds. The van der Waals surface area contributed by atoms with E-state index in [0.29, 0.717) is 35.4 Å². The Morgan fingerprint density at radius 3 is 2.57 bits per heavy atom. The molecule has 0 saturated heterocycles. The summed E-state index contributed by atoms with van der Waals surface area (Å²) < 4.78 is 0. The fraction of sp³-hybridized carbons (Fsp3) is 0.118. The Morgan fingerprint density at radius 1 is 1.13 bits per heavy atom. The van der Waals surface area contributed by atoms with Gasteiger partial charge in [0.1, 0.15) is 5.75 Å². The second kappa shape index (κ2) is 6.31. The van der Waals surface area contributed by atoms with Gasteiger partial charge in [0.05, 0.1) is 5.71 Å². The summed E-state index contributed by atoms with van der Waals surface area (Å²) in [7, 11) is 0. The van der Waals surface area contributed by atoms with Crippen molar-refractivity contribution in [3.8, 4) is 5.75 Å². The predicted molar refractivity (Wildman–Crippen MR) is 86.4 cm³/mol. The number of hydrogen-bond acceptors (Lipinski definition) is 4. The van der Waals surface area contributed by atoms with E-state index >= 15 is 0 Å². The number of phenols is 1. The Bertz CT molecular complexity index is 785. The molecule has 3 rings (SSSR count). The van der Waals surface area contributed by atoms with Crippen LogP contribution in [0.4, 0.5) is 5.69 Å². The first-order chi connectivity index (χ1) is 11.1. The Kier molecular flexibility index (Phi) is 4.05. The SMILES string of the molecule is O=C1CCC(c2ccc(NC(=O)c3ccccc3)cc2O)=NN1. The van der Waals surface area contributed by atoms with Crippen molar-refractivity contribution >= 4 is 23.2 Å². The molecular weight excluding hydrogens is 294 g/mol. The first kappa shape index (κ1) is 14.8. The number of hydrogen-bond donors (Lipinski definition) is 3. The van der Waals surface area contributed by atoms with E-state index in [1.807, 2.05) is 6.07 Å². The number of benzene rings is 2. The zero-order valence-corrected chi connectivity index (χ0v) is 12.2. The van der Waals surface area contributed by atoms with Crippen LogP contribution in [0, 0.1) is 0 Å². The third-order valence-electron chi connectivity index (χ3n) is 3.51. The summed E-state index contributed by atoms with van der Waals surface area (Å²) in [6, 6.07) is 13.7. The summed E-state index contributed by atoms with van der Waals surface area (Å²) in [4.78, 5) is 23.2. The van der Waals surface area contributed by atoms with Gasteiger partial charge in [0.2, 0.25) is 5.91 Å². The van der Waals surface area contributed by atoms with Gasteiger partial charge in [-0.3, -0.25) is 9.59 Å². The molecule has 0 saturated carbocycles. The lowest BCUT2D eigenvalue weighted by Crippen LogP contribution is -2.25. The molecular formula is C17H15N3O3. The number of carbonyl (C=O) groups excluding carboxylic acids is 2. The molecule has 0 radical (unpaired) electrons. The number of anilines is 1. The normalized spacial score (nSPS) is 13.9. The number of carbonyl (C=O) groups is 2. The highest BCUT2D eigenvalue weighted by atomic mass is 16.3. The number of hydrazone groups is 1. The number of nitrogens with zero attached hydrogens (tertiary/aromatic N) is 1. The number of amides is 2. The Hall–Kier alpha value is -3.15. The van der Waals surface area contributed by atoms with Gasteiger partial charge < -0.3 is 10.4 Å². The summed E-state index contributed by atoms with van der Waals surface area (Å²) in [5.74, 6) is -0.384. The van der Waals surface area contributed by atoms with E-state index in [1.54, 1.807) is 36.4 Å². The van der Waals surface area contributed by atoms with Crippen LogP contribution in [0.2, 0.25) is 0 Å². The van der Waals surface area contributed by atoms with E-state index in [0.717, 1.165) is 0 Å². The van der Waals surface area contributed by atoms with Crippen LogP contribution in [-0.2, 0) is 4.79 Å². The molecule has 0 unspecified atom stereocenters. The second-order valence-electron chi connectivity index (χ2n) is 5.15. The Labute approximate surface area is 132 Å². The van der Waals surface area contributed by atoms with Gasteiger partial charge in [-0.05, 0) is 24.3 Å². The first-order valence-electron chi connectivity index (χ1n) is 7.18. The van der Waals surface area contributed by atoms with Gasteiger partial charge in [-0.1, -0.05) is 18.2 Å². The molecule has 0 spiro atoms. The van der Waals surface area contributed by atoms with Crippen molar-refractivity contribution in [3.05, 3.63) is 59.7 Å². The quantitative estimate of drug-likeness (QED) is 0.812. The third-order valence-corrected chi connectivity index (χ3v) is 3.51. The van der Waals surface area contributed by atoms with E-state index in [9.17, 15) is 14.7 Å². The van der Waals surface area contributed by atoms with Crippen LogP contribution in [0.3, 0.4) is 0 Å².